The van der Waals surface area contributed by atoms with Crippen LogP contribution in [0.4, 0.5) is 13.2 Å². The Morgan fingerprint density at radius 1 is 1.29 bits per heavy atom. The molecule has 0 fully saturated rings. The van der Waals surface area contributed by atoms with Gasteiger partial charge in [0.25, 0.3) is 0 Å². The summed E-state index contributed by atoms with van der Waals surface area (Å²) in [6.07, 6.45) is -0.0935. The standard InChI is InChI=1S/C9H15ClF3N/c1-2-6-14(7-4-3-5-10)8-9(11,12)13/h3-4H,2,5-8H2,1H3. The van der Waals surface area contributed by atoms with Crippen molar-refractivity contribution >= 4 is 11.6 Å². The summed E-state index contributed by atoms with van der Waals surface area (Å²) in [6, 6.07) is 0. The van der Waals surface area contributed by atoms with Gasteiger partial charge in [-0.2, -0.15) is 13.2 Å². The predicted octanol–water partition coefficient (Wildman–Crippen LogP) is 3.06. The summed E-state index contributed by atoms with van der Waals surface area (Å²) in [5.74, 6) is 0.339. The number of rotatable bonds is 6. The van der Waals surface area contributed by atoms with Crippen LogP contribution in [0, 0.1) is 0 Å². The van der Waals surface area contributed by atoms with E-state index in [9.17, 15) is 13.2 Å². The van der Waals surface area contributed by atoms with Crippen molar-refractivity contribution < 1.29 is 13.2 Å². The van der Waals surface area contributed by atoms with Crippen LogP contribution in [0.5, 0.6) is 0 Å². The van der Waals surface area contributed by atoms with Gasteiger partial charge in [-0.05, 0) is 13.0 Å². The third-order valence-corrected chi connectivity index (χ3v) is 1.74. The average molecular weight is 230 g/mol. The Labute approximate surface area is 87.5 Å². The number of nitrogens with zero attached hydrogens (tertiary/aromatic N) is 1. The lowest BCUT2D eigenvalue weighted by Crippen LogP contribution is -2.34. The highest BCUT2D eigenvalue weighted by Crippen LogP contribution is 2.16. The Bertz CT molecular complexity index is 168. The third kappa shape index (κ3) is 8.38. The molecule has 0 atom stereocenters. The molecular formula is C9H15ClF3N. The average Bonchev–Trinajstić information content (AvgIpc) is 2.02. The molecule has 14 heavy (non-hydrogen) atoms. The normalized spacial score (nSPS) is 13.0. The van der Waals surface area contributed by atoms with E-state index in [-0.39, 0.29) is 0 Å². The highest BCUT2D eigenvalue weighted by Gasteiger charge is 2.29. The predicted molar refractivity (Wildman–Crippen MR) is 52.6 cm³/mol. The molecular weight excluding hydrogens is 215 g/mol. The summed E-state index contributed by atoms with van der Waals surface area (Å²) < 4.78 is 36.1. The smallest absolute Gasteiger partial charge is 0.291 e. The van der Waals surface area contributed by atoms with Crippen LogP contribution in [-0.2, 0) is 0 Å². The maximum Gasteiger partial charge on any atom is 0.401 e. The molecule has 0 saturated carbocycles. The van der Waals surface area contributed by atoms with Gasteiger partial charge in [-0.15, -0.1) is 11.6 Å². The molecule has 0 rings (SSSR count). The summed E-state index contributed by atoms with van der Waals surface area (Å²) in [5.41, 5.74) is 0. The van der Waals surface area contributed by atoms with Crippen molar-refractivity contribution in [3.8, 4) is 0 Å². The fourth-order valence-electron chi connectivity index (χ4n) is 1.09. The highest BCUT2D eigenvalue weighted by molar-refractivity contribution is 6.18. The molecule has 0 spiro atoms. The summed E-state index contributed by atoms with van der Waals surface area (Å²) in [6.45, 7) is 1.76. The minimum atomic E-state index is -4.12. The summed E-state index contributed by atoms with van der Waals surface area (Å²) in [5, 5.41) is 0. The van der Waals surface area contributed by atoms with Crippen molar-refractivity contribution in [2.24, 2.45) is 0 Å². The zero-order chi connectivity index (χ0) is 11.0. The van der Waals surface area contributed by atoms with Crippen molar-refractivity contribution in [2.75, 3.05) is 25.5 Å². The lowest BCUT2D eigenvalue weighted by atomic mass is 10.3. The van der Waals surface area contributed by atoms with E-state index in [4.69, 9.17) is 11.6 Å². The molecule has 0 amide bonds. The third-order valence-electron chi connectivity index (χ3n) is 1.56. The number of alkyl halides is 4. The van der Waals surface area contributed by atoms with E-state index in [1.807, 2.05) is 6.92 Å². The molecule has 84 valence electrons. The summed E-state index contributed by atoms with van der Waals surface area (Å²) in [4.78, 5) is 1.35. The van der Waals surface area contributed by atoms with Gasteiger partial charge in [0.2, 0.25) is 0 Å². The molecule has 0 heterocycles. The van der Waals surface area contributed by atoms with Crippen LogP contribution in [0.25, 0.3) is 0 Å². The first-order valence-corrected chi connectivity index (χ1v) is 5.03. The van der Waals surface area contributed by atoms with Gasteiger partial charge in [0.15, 0.2) is 0 Å². The van der Waals surface area contributed by atoms with Crippen molar-refractivity contribution in [3.05, 3.63) is 12.2 Å². The van der Waals surface area contributed by atoms with Crippen molar-refractivity contribution in [2.45, 2.75) is 19.5 Å². The Kier molecular flexibility index (Phi) is 7.01. The molecule has 1 nitrogen and oxygen atoms in total. The summed E-state index contributed by atoms with van der Waals surface area (Å²) >= 11 is 5.37. The molecule has 0 unspecified atom stereocenters. The van der Waals surface area contributed by atoms with Crippen LogP contribution >= 0.6 is 11.6 Å². The number of hydrogen-bond acceptors (Lipinski definition) is 1. The van der Waals surface area contributed by atoms with Gasteiger partial charge in [0, 0.05) is 12.4 Å². The lowest BCUT2D eigenvalue weighted by molar-refractivity contribution is -0.144. The fourth-order valence-corrected chi connectivity index (χ4v) is 1.22. The van der Waals surface area contributed by atoms with Crippen LogP contribution in [0.3, 0.4) is 0 Å². The number of halogens is 4. The van der Waals surface area contributed by atoms with Gasteiger partial charge in [0.05, 0.1) is 6.54 Å². The SMILES string of the molecule is CCCN(CC=CCCl)CC(F)(F)F. The second kappa shape index (κ2) is 7.12. The fraction of sp³-hybridized carbons (Fsp3) is 0.778. The molecule has 5 heteroatoms. The maximum absolute atomic E-state index is 12.0. The monoisotopic (exact) mass is 229 g/mol. The van der Waals surface area contributed by atoms with Crippen LogP contribution in [0.15, 0.2) is 12.2 Å². The van der Waals surface area contributed by atoms with Crippen molar-refractivity contribution in [1.82, 2.24) is 4.90 Å². The van der Waals surface area contributed by atoms with Crippen LogP contribution in [0.1, 0.15) is 13.3 Å². The second-order valence-corrected chi connectivity index (χ2v) is 3.28. The quantitative estimate of drug-likeness (QED) is 0.500. The Hall–Kier alpha value is -0.220. The lowest BCUT2D eigenvalue weighted by Gasteiger charge is -2.21. The van der Waals surface area contributed by atoms with Crippen molar-refractivity contribution in [1.29, 1.82) is 0 Å². The Balaban J connectivity index is 3.95. The Morgan fingerprint density at radius 3 is 2.36 bits per heavy atom. The molecule has 0 bridgehead atoms. The van der Waals surface area contributed by atoms with Crippen LogP contribution < -0.4 is 0 Å². The first-order valence-electron chi connectivity index (χ1n) is 4.49. The van der Waals surface area contributed by atoms with Gasteiger partial charge in [0.1, 0.15) is 0 Å². The molecule has 0 aliphatic heterocycles. The summed E-state index contributed by atoms with van der Waals surface area (Å²) in [7, 11) is 0. The molecule has 0 saturated heterocycles. The van der Waals surface area contributed by atoms with Gasteiger partial charge < -0.3 is 0 Å². The second-order valence-electron chi connectivity index (χ2n) is 2.98. The first kappa shape index (κ1) is 13.8. The topological polar surface area (TPSA) is 3.24 Å². The number of hydrogen-bond donors (Lipinski definition) is 0. The van der Waals surface area contributed by atoms with E-state index in [0.717, 1.165) is 0 Å². The molecule has 0 aromatic heterocycles. The first-order chi connectivity index (χ1) is 6.49. The van der Waals surface area contributed by atoms with Crippen LogP contribution in [0.2, 0.25) is 0 Å². The minimum absolute atomic E-state index is 0.306. The minimum Gasteiger partial charge on any atom is -0.291 e. The number of allylic oxidation sites excluding steroid dienone is 1. The Morgan fingerprint density at radius 2 is 1.93 bits per heavy atom. The molecule has 0 aromatic rings. The largest absolute Gasteiger partial charge is 0.401 e. The molecule has 0 radical (unpaired) electrons. The van der Waals surface area contributed by atoms with Gasteiger partial charge in [-0.3, -0.25) is 4.90 Å². The van der Waals surface area contributed by atoms with E-state index in [1.165, 1.54) is 4.90 Å². The van der Waals surface area contributed by atoms with Gasteiger partial charge >= 0.3 is 6.18 Å². The zero-order valence-corrected chi connectivity index (χ0v) is 8.91. The zero-order valence-electron chi connectivity index (χ0n) is 8.15. The molecule has 0 aliphatic rings. The van der Waals surface area contributed by atoms with Crippen molar-refractivity contribution in [3.63, 3.8) is 0 Å². The molecule has 0 aromatic carbocycles. The molecule has 0 N–H and O–H groups in total. The van der Waals surface area contributed by atoms with Gasteiger partial charge in [-0.1, -0.05) is 19.1 Å². The van der Waals surface area contributed by atoms with E-state index in [0.29, 0.717) is 25.4 Å². The van der Waals surface area contributed by atoms with E-state index < -0.39 is 12.7 Å². The van der Waals surface area contributed by atoms with E-state index in [1.54, 1.807) is 12.2 Å². The highest BCUT2D eigenvalue weighted by atomic mass is 35.5. The van der Waals surface area contributed by atoms with Gasteiger partial charge in [-0.25, -0.2) is 0 Å². The molecule has 0 aliphatic carbocycles. The van der Waals surface area contributed by atoms with Crippen LogP contribution in [-0.4, -0.2) is 36.6 Å². The van der Waals surface area contributed by atoms with E-state index >= 15 is 0 Å². The maximum atomic E-state index is 12.0. The van der Waals surface area contributed by atoms with E-state index in [2.05, 4.69) is 0 Å².